The van der Waals surface area contributed by atoms with E-state index >= 15 is 0 Å². The lowest BCUT2D eigenvalue weighted by Crippen LogP contribution is -2.22. The van der Waals surface area contributed by atoms with Gasteiger partial charge >= 0.3 is 0 Å². The second-order valence-electron chi connectivity index (χ2n) is 5.97. The molecule has 0 aliphatic rings. The average Bonchev–Trinajstić information content (AvgIpc) is 2.64. The molecule has 0 atom stereocenters. The van der Waals surface area contributed by atoms with Gasteiger partial charge in [-0.15, -0.1) is 0 Å². The molecule has 122 valence electrons. The van der Waals surface area contributed by atoms with Gasteiger partial charge in [-0.25, -0.2) is 0 Å². The van der Waals surface area contributed by atoms with Gasteiger partial charge in [0.05, 0.1) is 7.11 Å². The number of methoxy groups -OCH3 is 1. The molecule has 0 bridgehead atoms. The summed E-state index contributed by atoms with van der Waals surface area (Å²) in [6.07, 6.45) is 0. The Morgan fingerprint density at radius 3 is 2.08 bits per heavy atom. The van der Waals surface area contributed by atoms with E-state index in [2.05, 4.69) is 78.6 Å². The Morgan fingerprint density at radius 1 is 0.750 bits per heavy atom. The third-order valence-electron chi connectivity index (χ3n) is 4.28. The number of anilines is 1. The van der Waals surface area contributed by atoms with Crippen molar-refractivity contribution in [3.63, 3.8) is 0 Å². The highest BCUT2D eigenvalue weighted by atomic mass is 16.5. The van der Waals surface area contributed by atoms with Crippen LogP contribution in [0.5, 0.6) is 5.75 Å². The molecule has 0 saturated carbocycles. The van der Waals surface area contributed by atoms with Crippen molar-refractivity contribution in [2.45, 2.75) is 20.0 Å². The summed E-state index contributed by atoms with van der Waals surface area (Å²) < 4.78 is 5.29. The quantitative estimate of drug-likeness (QED) is 0.619. The summed E-state index contributed by atoms with van der Waals surface area (Å²) in [4.78, 5) is 2.40. The standard InChI is InChI=1S/C22H23NO/c1-18-8-6-7-11-20(18)17-23(16-19-9-4-3-5-10-19)21-12-14-22(24-2)15-13-21/h3-15H,16-17H2,1-2H3. The molecule has 0 radical (unpaired) electrons. The zero-order chi connectivity index (χ0) is 16.8. The minimum Gasteiger partial charge on any atom is -0.497 e. The van der Waals surface area contributed by atoms with E-state index in [1.165, 1.54) is 22.4 Å². The summed E-state index contributed by atoms with van der Waals surface area (Å²) in [6.45, 7) is 3.93. The maximum absolute atomic E-state index is 5.29. The van der Waals surface area contributed by atoms with Gasteiger partial charge in [-0.1, -0.05) is 54.6 Å². The smallest absolute Gasteiger partial charge is 0.119 e. The summed E-state index contributed by atoms with van der Waals surface area (Å²) in [5.74, 6) is 0.884. The van der Waals surface area contributed by atoms with Gasteiger partial charge in [0, 0.05) is 18.8 Å². The highest BCUT2D eigenvalue weighted by molar-refractivity contribution is 5.50. The number of nitrogens with zero attached hydrogens (tertiary/aromatic N) is 1. The van der Waals surface area contributed by atoms with Crippen molar-refractivity contribution in [2.24, 2.45) is 0 Å². The molecule has 2 heteroatoms. The van der Waals surface area contributed by atoms with Crippen molar-refractivity contribution in [2.75, 3.05) is 12.0 Å². The van der Waals surface area contributed by atoms with Gasteiger partial charge in [0.1, 0.15) is 5.75 Å². The molecule has 0 N–H and O–H groups in total. The van der Waals surface area contributed by atoms with Gasteiger partial charge in [-0.05, 0) is 47.9 Å². The second-order valence-corrected chi connectivity index (χ2v) is 5.97. The fraction of sp³-hybridized carbons (Fsp3) is 0.182. The Kier molecular flexibility index (Phi) is 5.17. The van der Waals surface area contributed by atoms with Crippen LogP contribution in [0, 0.1) is 6.92 Å². The molecule has 3 rings (SSSR count). The van der Waals surface area contributed by atoms with E-state index in [1.807, 2.05) is 12.1 Å². The van der Waals surface area contributed by atoms with E-state index in [1.54, 1.807) is 7.11 Å². The van der Waals surface area contributed by atoms with Gasteiger partial charge in [0.25, 0.3) is 0 Å². The first kappa shape index (κ1) is 16.1. The van der Waals surface area contributed by atoms with E-state index in [4.69, 9.17) is 4.74 Å². The van der Waals surface area contributed by atoms with Gasteiger partial charge in [-0.2, -0.15) is 0 Å². The molecule has 0 aromatic heterocycles. The first-order chi connectivity index (χ1) is 11.8. The van der Waals surface area contributed by atoms with Crippen LogP contribution in [-0.2, 0) is 13.1 Å². The third kappa shape index (κ3) is 3.96. The van der Waals surface area contributed by atoms with Crippen molar-refractivity contribution in [1.82, 2.24) is 0 Å². The Hall–Kier alpha value is -2.74. The summed E-state index contributed by atoms with van der Waals surface area (Å²) in [5, 5.41) is 0. The average molecular weight is 317 g/mol. The fourth-order valence-corrected chi connectivity index (χ4v) is 2.83. The molecule has 0 unspecified atom stereocenters. The van der Waals surface area contributed by atoms with Gasteiger partial charge < -0.3 is 9.64 Å². The first-order valence-electron chi connectivity index (χ1n) is 8.23. The highest BCUT2D eigenvalue weighted by Crippen LogP contribution is 2.24. The lowest BCUT2D eigenvalue weighted by Gasteiger charge is -2.26. The molecule has 0 fully saturated rings. The first-order valence-corrected chi connectivity index (χ1v) is 8.23. The molecule has 24 heavy (non-hydrogen) atoms. The molecule has 0 amide bonds. The van der Waals surface area contributed by atoms with Gasteiger partial charge in [0.2, 0.25) is 0 Å². The maximum atomic E-state index is 5.29. The number of hydrogen-bond acceptors (Lipinski definition) is 2. The highest BCUT2D eigenvalue weighted by Gasteiger charge is 2.10. The molecule has 2 nitrogen and oxygen atoms in total. The largest absolute Gasteiger partial charge is 0.497 e. The number of rotatable bonds is 6. The Balaban J connectivity index is 1.89. The summed E-state index contributed by atoms with van der Waals surface area (Å²) in [5.41, 5.74) is 5.18. The van der Waals surface area contributed by atoms with Crippen molar-refractivity contribution < 1.29 is 4.74 Å². The topological polar surface area (TPSA) is 12.5 Å². The molecule has 3 aromatic rings. The lowest BCUT2D eigenvalue weighted by atomic mass is 10.1. The van der Waals surface area contributed by atoms with E-state index in [0.717, 1.165) is 18.8 Å². The number of aryl methyl sites for hydroxylation is 1. The monoisotopic (exact) mass is 317 g/mol. The van der Waals surface area contributed by atoms with Crippen molar-refractivity contribution in [1.29, 1.82) is 0 Å². The van der Waals surface area contributed by atoms with Crippen LogP contribution in [0.25, 0.3) is 0 Å². The minimum atomic E-state index is 0.876. The number of benzene rings is 3. The molecular weight excluding hydrogens is 294 g/mol. The normalized spacial score (nSPS) is 10.4. The Morgan fingerprint density at radius 2 is 1.42 bits per heavy atom. The van der Waals surface area contributed by atoms with E-state index < -0.39 is 0 Å². The molecule has 0 aliphatic heterocycles. The molecule has 0 spiro atoms. The minimum absolute atomic E-state index is 0.876. The van der Waals surface area contributed by atoms with E-state index in [0.29, 0.717) is 0 Å². The van der Waals surface area contributed by atoms with Crippen LogP contribution in [0.15, 0.2) is 78.9 Å². The van der Waals surface area contributed by atoms with Crippen LogP contribution in [0.4, 0.5) is 5.69 Å². The SMILES string of the molecule is COc1ccc(N(Cc2ccccc2)Cc2ccccc2C)cc1. The number of ether oxygens (including phenoxy) is 1. The molecule has 3 aromatic carbocycles. The maximum Gasteiger partial charge on any atom is 0.119 e. The summed E-state index contributed by atoms with van der Waals surface area (Å²) in [7, 11) is 1.70. The van der Waals surface area contributed by atoms with E-state index in [9.17, 15) is 0 Å². The summed E-state index contributed by atoms with van der Waals surface area (Å²) in [6, 6.07) is 27.5. The van der Waals surface area contributed by atoms with Crippen LogP contribution in [0.2, 0.25) is 0 Å². The predicted molar refractivity (Wildman–Crippen MR) is 101 cm³/mol. The van der Waals surface area contributed by atoms with Crippen LogP contribution in [-0.4, -0.2) is 7.11 Å². The van der Waals surface area contributed by atoms with E-state index in [-0.39, 0.29) is 0 Å². The van der Waals surface area contributed by atoms with Gasteiger partial charge in [-0.3, -0.25) is 0 Å². The fourth-order valence-electron chi connectivity index (χ4n) is 2.83. The molecule has 0 heterocycles. The lowest BCUT2D eigenvalue weighted by molar-refractivity contribution is 0.415. The van der Waals surface area contributed by atoms with Crippen LogP contribution in [0.1, 0.15) is 16.7 Å². The van der Waals surface area contributed by atoms with Crippen molar-refractivity contribution >= 4 is 5.69 Å². The van der Waals surface area contributed by atoms with Gasteiger partial charge in [0.15, 0.2) is 0 Å². The second kappa shape index (κ2) is 7.69. The van der Waals surface area contributed by atoms with Crippen molar-refractivity contribution in [3.05, 3.63) is 95.6 Å². The zero-order valence-corrected chi connectivity index (χ0v) is 14.3. The Labute approximate surface area is 144 Å². The van der Waals surface area contributed by atoms with Crippen LogP contribution < -0.4 is 9.64 Å². The zero-order valence-electron chi connectivity index (χ0n) is 14.3. The van der Waals surface area contributed by atoms with Crippen LogP contribution >= 0.6 is 0 Å². The molecular formula is C22H23NO. The predicted octanol–water partition coefficient (Wildman–Crippen LogP) is 5.21. The third-order valence-corrected chi connectivity index (χ3v) is 4.28. The molecule has 0 saturated heterocycles. The molecule has 0 aliphatic carbocycles. The summed E-state index contributed by atoms with van der Waals surface area (Å²) >= 11 is 0. The van der Waals surface area contributed by atoms with Crippen molar-refractivity contribution in [3.8, 4) is 5.75 Å². The van der Waals surface area contributed by atoms with Crippen LogP contribution in [0.3, 0.4) is 0 Å². The Bertz CT molecular complexity index is 765. The number of hydrogen-bond donors (Lipinski definition) is 0.